The molecule has 0 aromatic carbocycles. The zero-order valence-corrected chi connectivity index (χ0v) is 11.9. The van der Waals surface area contributed by atoms with E-state index in [1.165, 1.54) is 4.88 Å². The third-order valence-corrected chi connectivity index (χ3v) is 5.27. The summed E-state index contributed by atoms with van der Waals surface area (Å²) in [5.41, 5.74) is 0.774. The van der Waals surface area contributed by atoms with Gasteiger partial charge in [0.15, 0.2) is 5.13 Å². The molecule has 0 aliphatic heterocycles. The number of anilines is 1. The Hall–Kier alpha value is -1.40. The molecule has 100 valence electrons. The smallest absolute Gasteiger partial charge is 0.312 e. The van der Waals surface area contributed by atoms with Crippen LogP contribution >= 0.6 is 22.7 Å². The summed E-state index contributed by atoms with van der Waals surface area (Å²) in [6.07, 6.45) is 2.51. The molecule has 19 heavy (non-hydrogen) atoms. The molecule has 1 aliphatic rings. The molecule has 3 rings (SSSR count). The fraction of sp³-hybridized carbons (Fsp3) is 0.385. The lowest BCUT2D eigenvalue weighted by atomic mass is 10.1. The summed E-state index contributed by atoms with van der Waals surface area (Å²) in [5.74, 6) is -1.16. The Kier molecular flexibility index (Phi) is 3.52. The van der Waals surface area contributed by atoms with Crippen LogP contribution in [0.1, 0.15) is 27.8 Å². The third-order valence-electron chi connectivity index (χ3n) is 3.24. The number of rotatable bonds is 5. The van der Waals surface area contributed by atoms with Crippen LogP contribution in [0.25, 0.3) is 0 Å². The Morgan fingerprint density at radius 3 is 3.21 bits per heavy atom. The lowest BCUT2D eigenvalue weighted by Crippen LogP contribution is -2.09. The monoisotopic (exact) mass is 294 g/mol. The van der Waals surface area contributed by atoms with Crippen molar-refractivity contribution < 1.29 is 9.90 Å². The quantitative estimate of drug-likeness (QED) is 0.890. The number of nitrogens with zero attached hydrogens (tertiary/aromatic N) is 1. The first-order chi connectivity index (χ1) is 9.24. The van der Waals surface area contributed by atoms with Crippen molar-refractivity contribution in [2.24, 2.45) is 0 Å². The molecule has 1 aliphatic carbocycles. The van der Waals surface area contributed by atoms with Gasteiger partial charge in [-0.05, 0) is 30.7 Å². The number of fused-ring (bicyclic) bond motifs is 1. The predicted octanol–water partition coefficient (Wildman–Crippen LogP) is 2.97. The van der Waals surface area contributed by atoms with Crippen molar-refractivity contribution in [2.75, 3.05) is 11.9 Å². The molecule has 0 radical (unpaired) electrons. The fourth-order valence-electron chi connectivity index (χ4n) is 2.29. The average Bonchev–Trinajstić information content (AvgIpc) is 3.03. The first kappa shape index (κ1) is 12.6. The Morgan fingerprint density at radius 2 is 2.47 bits per heavy atom. The minimum atomic E-state index is -0.755. The molecule has 0 saturated heterocycles. The largest absolute Gasteiger partial charge is 0.481 e. The topological polar surface area (TPSA) is 62.2 Å². The molecule has 6 heteroatoms. The summed E-state index contributed by atoms with van der Waals surface area (Å²) < 4.78 is 0. The van der Waals surface area contributed by atoms with Gasteiger partial charge in [-0.15, -0.1) is 22.7 Å². The van der Waals surface area contributed by atoms with Crippen molar-refractivity contribution in [2.45, 2.75) is 25.2 Å². The van der Waals surface area contributed by atoms with Gasteiger partial charge in [-0.25, -0.2) is 4.98 Å². The van der Waals surface area contributed by atoms with Crippen LogP contribution in [0.5, 0.6) is 0 Å². The zero-order valence-electron chi connectivity index (χ0n) is 10.3. The van der Waals surface area contributed by atoms with Gasteiger partial charge in [0.05, 0.1) is 5.69 Å². The van der Waals surface area contributed by atoms with Crippen LogP contribution in [0.3, 0.4) is 0 Å². The molecule has 2 N–H and O–H groups in total. The van der Waals surface area contributed by atoms with Gasteiger partial charge in [0.2, 0.25) is 0 Å². The summed E-state index contributed by atoms with van der Waals surface area (Å²) in [5, 5.41) is 15.3. The van der Waals surface area contributed by atoms with Crippen molar-refractivity contribution in [3.63, 3.8) is 0 Å². The first-order valence-corrected chi connectivity index (χ1v) is 7.92. The molecule has 0 fully saturated rings. The molecule has 0 saturated carbocycles. The van der Waals surface area contributed by atoms with E-state index in [-0.39, 0.29) is 0 Å². The molecule has 4 nitrogen and oxygen atoms in total. The van der Waals surface area contributed by atoms with Gasteiger partial charge in [0.1, 0.15) is 5.92 Å². The fourth-order valence-corrected chi connectivity index (χ4v) is 4.06. The number of aromatic nitrogens is 1. The van der Waals surface area contributed by atoms with E-state index in [1.54, 1.807) is 22.7 Å². The van der Waals surface area contributed by atoms with Gasteiger partial charge in [-0.2, -0.15) is 0 Å². The van der Waals surface area contributed by atoms with E-state index in [0.717, 1.165) is 35.1 Å². The summed E-state index contributed by atoms with van der Waals surface area (Å²) >= 11 is 3.35. The number of hydrogen-bond acceptors (Lipinski definition) is 5. The van der Waals surface area contributed by atoms with Crippen LogP contribution < -0.4 is 5.32 Å². The number of thiophene rings is 1. The summed E-state index contributed by atoms with van der Waals surface area (Å²) in [7, 11) is 0. The standard InChI is InChI=1S/C13H14N2O2S2/c16-12(17)9-3-4-10-11(9)15-13(19-10)14-6-5-8-2-1-7-18-8/h1-2,7,9H,3-6H2,(H,14,15)(H,16,17). The van der Waals surface area contributed by atoms with E-state index in [4.69, 9.17) is 5.11 Å². The molecular formula is C13H14N2O2S2. The third kappa shape index (κ3) is 2.64. The molecule has 0 spiro atoms. The van der Waals surface area contributed by atoms with E-state index in [9.17, 15) is 4.79 Å². The molecular weight excluding hydrogens is 280 g/mol. The normalized spacial score (nSPS) is 17.4. The van der Waals surface area contributed by atoms with E-state index in [0.29, 0.717) is 6.42 Å². The molecule has 0 bridgehead atoms. The van der Waals surface area contributed by atoms with Crippen LogP contribution in [0, 0.1) is 0 Å². The second kappa shape index (κ2) is 5.30. The number of carbonyl (C=O) groups is 1. The Balaban J connectivity index is 1.61. The van der Waals surface area contributed by atoms with Gasteiger partial charge < -0.3 is 10.4 Å². The highest BCUT2D eigenvalue weighted by molar-refractivity contribution is 7.15. The first-order valence-electron chi connectivity index (χ1n) is 6.22. The van der Waals surface area contributed by atoms with Gasteiger partial charge in [0, 0.05) is 16.3 Å². The Morgan fingerprint density at radius 1 is 1.58 bits per heavy atom. The summed E-state index contributed by atoms with van der Waals surface area (Å²) in [6, 6.07) is 4.17. The number of aryl methyl sites for hydroxylation is 1. The summed E-state index contributed by atoms with van der Waals surface area (Å²) in [4.78, 5) is 18.0. The molecule has 2 heterocycles. The highest BCUT2D eigenvalue weighted by atomic mass is 32.1. The SMILES string of the molecule is O=C(O)C1CCc2sc(NCCc3cccs3)nc21. The van der Waals surface area contributed by atoms with Crippen molar-refractivity contribution in [3.8, 4) is 0 Å². The molecule has 2 aromatic rings. The maximum absolute atomic E-state index is 11.1. The minimum Gasteiger partial charge on any atom is -0.481 e. The van der Waals surface area contributed by atoms with Crippen molar-refractivity contribution >= 4 is 33.8 Å². The Bertz CT molecular complexity index is 577. The van der Waals surface area contributed by atoms with Crippen molar-refractivity contribution in [3.05, 3.63) is 33.0 Å². The number of carboxylic acids is 1. The summed E-state index contributed by atoms with van der Waals surface area (Å²) in [6.45, 7) is 0.838. The van der Waals surface area contributed by atoms with Gasteiger partial charge >= 0.3 is 5.97 Å². The number of nitrogens with one attached hydrogen (secondary N) is 1. The lowest BCUT2D eigenvalue weighted by Gasteiger charge is -2.03. The zero-order chi connectivity index (χ0) is 13.2. The number of aliphatic carboxylic acids is 1. The van der Waals surface area contributed by atoms with Gasteiger partial charge in [-0.1, -0.05) is 6.07 Å². The van der Waals surface area contributed by atoms with Crippen LogP contribution in [0.15, 0.2) is 17.5 Å². The average molecular weight is 294 g/mol. The molecule has 0 amide bonds. The second-order valence-corrected chi connectivity index (χ2v) is 6.63. The van der Waals surface area contributed by atoms with E-state index >= 15 is 0 Å². The number of hydrogen-bond donors (Lipinski definition) is 2. The number of carboxylic acid groups (broad SMARTS) is 1. The molecule has 2 aromatic heterocycles. The van der Waals surface area contributed by atoms with Gasteiger partial charge in [-0.3, -0.25) is 4.79 Å². The van der Waals surface area contributed by atoms with E-state index < -0.39 is 11.9 Å². The van der Waals surface area contributed by atoms with Crippen LogP contribution in [-0.2, 0) is 17.6 Å². The highest BCUT2D eigenvalue weighted by Crippen LogP contribution is 2.38. The predicted molar refractivity (Wildman–Crippen MR) is 77.3 cm³/mol. The van der Waals surface area contributed by atoms with E-state index in [1.807, 2.05) is 0 Å². The maximum Gasteiger partial charge on any atom is 0.312 e. The van der Waals surface area contributed by atoms with Gasteiger partial charge in [0.25, 0.3) is 0 Å². The van der Waals surface area contributed by atoms with Crippen molar-refractivity contribution in [1.82, 2.24) is 4.98 Å². The highest BCUT2D eigenvalue weighted by Gasteiger charge is 2.32. The molecule has 1 atom stereocenters. The second-order valence-electron chi connectivity index (χ2n) is 4.51. The molecule has 1 unspecified atom stereocenters. The van der Waals surface area contributed by atoms with Crippen LogP contribution in [-0.4, -0.2) is 22.6 Å². The van der Waals surface area contributed by atoms with Crippen LogP contribution in [0.2, 0.25) is 0 Å². The lowest BCUT2D eigenvalue weighted by molar-refractivity contribution is -0.138. The van der Waals surface area contributed by atoms with Crippen molar-refractivity contribution in [1.29, 1.82) is 0 Å². The van der Waals surface area contributed by atoms with Crippen LogP contribution in [0.4, 0.5) is 5.13 Å². The Labute approximate surface area is 119 Å². The van der Waals surface area contributed by atoms with E-state index in [2.05, 4.69) is 27.8 Å². The maximum atomic E-state index is 11.1. The number of thiazole rings is 1. The minimum absolute atomic E-state index is 0.404.